The Morgan fingerprint density at radius 2 is 1.56 bits per heavy atom. The van der Waals surface area contributed by atoms with Crippen molar-refractivity contribution in [3.63, 3.8) is 0 Å². The summed E-state index contributed by atoms with van der Waals surface area (Å²) >= 11 is 0. The quantitative estimate of drug-likeness (QED) is 0.603. The smallest absolute Gasteiger partial charge is 0.268 e. The first-order valence-electron chi connectivity index (χ1n) is 8.09. The van der Waals surface area contributed by atoms with Crippen molar-refractivity contribution in [1.82, 2.24) is 10.3 Å². The average Bonchev–Trinajstić information content (AvgIpc) is 2.66. The van der Waals surface area contributed by atoms with Crippen molar-refractivity contribution < 1.29 is 4.79 Å². The van der Waals surface area contributed by atoms with Crippen LogP contribution in [0.3, 0.4) is 0 Å². The molecule has 4 rings (SSSR count). The molecule has 3 aromatic carbocycles. The number of hydrogen-bond acceptors (Lipinski definition) is 2. The van der Waals surface area contributed by atoms with E-state index in [0.29, 0.717) is 11.9 Å². The first-order chi connectivity index (χ1) is 12.2. The molecule has 0 aliphatic rings. The Labute approximate surface area is 144 Å². The van der Waals surface area contributed by atoms with Gasteiger partial charge in [-0.2, -0.15) is 0 Å². The highest BCUT2D eigenvalue weighted by Gasteiger charge is 2.09. The zero-order valence-electron chi connectivity index (χ0n) is 13.5. The number of aromatic amines is 1. The van der Waals surface area contributed by atoms with E-state index in [-0.39, 0.29) is 17.2 Å². The van der Waals surface area contributed by atoms with Gasteiger partial charge < -0.3 is 10.3 Å². The summed E-state index contributed by atoms with van der Waals surface area (Å²) in [6, 6.07) is 23.1. The van der Waals surface area contributed by atoms with Crippen LogP contribution in [0.2, 0.25) is 0 Å². The number of rotatable bonds is 3. The van der Waals surface area contributed by atoms with Gasteiger partial charge in [-0.3, -0.25) is 9.59 Å². The second-order valence-electron chi connectivity index (χ2n) is 5.96. The number of benzene rings is 3. The summed E-state index contributed by atoms with van der Waals surface area (Å²) in [5.41, 5.74) is 1.02. The zero-order chi connectivity index (χ0) is 17.2. The number of fused-ring (bicyclic) bond motifs is 2. The Morgan fingerprint density at radius 1 is 0.840 bits per heavy atom. The lowest BCUT2D eigenvalue weighted by Gasteiger charge is -2.07. The van der Waals surface area contributed by atoms with E-state index in [1.165, 1.54) is 0 Å². The fraction of sp³-hybridized carbons (Fsp3) is 0.0476. The Bertz CT molecular complexity index is 1150. The maximum absolute atomic E-state index is 12.4. The van der Waals surface area contributed by atoms with Crippen molar-refractivity contribution in [2.75, 3.05) is 0 Å². The predicted molar refractivity (Wildman–Crippen MR) is 99.7 cm³/mol. The van der Waals surface area contributed by atoms with Crippen LogP contribution in [0, 0.1) is 0 Å². The summed E-state index contributed by atoms with van der Waals surface area (Å²) in [7, 11) is 0. The van der Waals surface area contributed by atoms with E-state index in [0.717, 1.165) is 21.7 Å². The lowest BCUT2D eigenvalue weighted by molar-refractivity contribution is 0.0946. The van der Waals surface area contributed by atoms with E-state index in [1.54, 1.807) is 18.2 Å². The third kappa shape index (κ3) is 3.02. The summed E-state index contributed by atoms with van der Waals surface area (Å²) in [6.07, 6.45) is 0. The van der Waals surface area contributed by atoms with Crippen LogP contribution < -0.4 is 10.9 Å². The molecule has 4 nitrogen and oxygen atoms in total. The van der Waals surface area contributed by atoms with Crippen molar-refractivity contribution in [1.29, 1.82) is 0 Å². The summed E-state index contributed by atoms with van der Waals surface area (Å²) in [4.78, 5) is 27.1. The van der Waals surface area contributed by atoms with Crippen molar-refractivity contribution in [3.05, 3.63) is 94.4 Å². The zero-order valence-corrected chi connectivity index (χ0v) is 13.5. The molecule has 1 aromatic heterocycles. The maximum Gasteiger partial charge on any atom is 0.268 e. The number of carbonyl (C=O) groups excluding carboxylic acids is 1. The van der Waals surface area contributed by atoms with Crippen LogP contribution in [0.4, 0.5) is 0 Å². The van der Waals surface area contributed by atoms with Gasteiger partial charge in [-0.05, 0) is 39.9 Å². The van der Waals surface area contributed by atoms with Crippen LogP contribution in [-0.4, -0.2) is 10.9 Å². The molecule has 0 saturated carbocycles. The molecule has 0 atom stereocenters. The number of nitrogens with one attached hydrogen (secondary N) is 2. The fourth-order valence-corrected chi connectivity index (χ4v) is 2.96. The highest BCUT2D eigenvalue weighted by molar-refractivity contribution is 5.96. The normalized spacial score (nSPS) is 10.9. The van der Waals surface area contributed by atoms with Crippen LogP contribution in [0.25, 0.3) is 21.5 Å². The minimum absolute atomic E-state index is 0.256. The van der Waals surface area contributed by atoms with E-state index in [1.807, 2.05) is 42.5 Å². The summed E-state index contributed by atoms with van der Waals surface area (Å²) in [5, 5.41) is 6.49. The monoisotopic (exact) mass is 328 g/mol. The molecule has 1 amide bonds. The van der Waals surface area contributed by atoms with Crippen molar-refractivity contribution in [2.24, 2.45) is 0 Å². The summed E-state index contributed by atoms with van der Waals surface area (Å²) in [6.45, 7) is 0.401. The van der Waals surface area contributed by atoms with Gasteiger partial charge in [0.1, 0.15) is 5.69 Å². The molecular formula is C21H16N2O2. The van der Waals surface area contributed by atoms with Gasteiger partial charge in [0.15, 0.2) is 0 Å². The Balaban J connectivity index is 1.56. The second-order valence-corrected chi connectivity index (χ2v) is 5.96. The van der Waals surface area contributed by atoms with Gasteiger partial charge in [0.05, 0.1) is 0 Å². The molecule has 2 N–H and O–H groups in total. The number of hydrogen-bond donors (Lipinski definition) is 2. The minimum atomic E-state index is -0.295. The van der Waals surface area contributed by atoms with Gasteiger partial charge in [0.25, 0.3) is 11.5 Å². The Hall–Kier alpha value is -3.40. The third-order valence-corrected chi connectivity index (χ3v) is 4.27. The van der Waals surface area contributed by atoms with Crippen LogP contribution >= 0.6 is 0 Å². The van der Waals surface area contributed by atoms with Crippen LogP contribution in [0.1, 0.15) is 16.1 Å². The van der Waals surface area contributed by atoms with Gasteiger partial charge in [0, 0.05) is 11.9 Å². The fourth-order valence-electron chi connectivity index (χ4n) is 2.96. The van der Waals surface area contributed by atoms with Crippen molar-refractivity contribution >= 4 is 27.5 Å². The van der Waals surface area contributed by atoms with Crippen molar-refractivity contribution in [3.8, 4) is 0 Å². The molecule has 25 heavy (non-hydrogen) atoms. The van der Waals surface area contributed by atoms with E-state index in [9.17, 15) is 9.59 Å². The number of carbonyl (C=O) groups is 1. The molecule has 0 fully saturated rings. The molecule has 0 spiro atoms. The van der Waals surface area contributed by atoms with E-state index >= 15 is 0 Å². The first kappa shape index (κ1) is 15.1. The van der Waals surface area contributed by atoms with Gasteiger partial charge in [0.2, 0.25) is 0 Å². The highest BCUT2D eigenvalue weighted by Crippen LogP contribution is 2.15. The van der Waals surface area contributed by atoms with Crippen LogP contribution in [-0.2, 0) is 6.54 Å². The predicted octanol–water partition coefficient (Wildman–Crippen LogP) is 3.61. The lowest BCUT2D eigenvalue weighted by Crippen LogP contribution is -2.26. The van der Waals surface area contributed by atoms with E-state index in [4.69, 9.17) is 0 Å². The summed E-state index contributed by atoms with van der Waals surface area (Å²) in [5.74, 6) is -0.295. The molecule has 0 bridgehead atoms. The Morgan fingerprint density at radius 3 is 2.40 bits per heavy atom. The molecule has 4 heteroatoms. The largest absolute Gasteiger partial charge is 0.347 e. The first-order valence-corrected chi connectivity index (χ1v) is 8.09. The van der Waals surface area contributed by atoms with Crippen molar-refractivity contribution in [2.45, 2.75) is 6.54 Å². The van der Waals surface area contributed by atoms with E-state index < -0.39 is 0 Å². The molecular weight excluding hydrogens is 312 g/mol. The average molecular weight is 328 g/mol. The molecule has 0 radical (unpaired) electrons. The molecule has 0 saturated heterocycles. The second kappa shape index (κ2) is 6.24. The molecule has 0 aliphatic carbocycles. The highest BCUT2D eigenvalue weighted by atomic mass is 16.2. The molecule has 4 aromatic rings. The SMILES string of the molecule is O=C(NCc1ccc2ccccc2c1)c1cc2ccccc2c(=O)[nH]1. The molecule has 1 heterocycles. The molecule has 122 valence electrons. The van der Waals surface area contributed by atoms with Gasteiger partial charge in [-0.1, -0.05) is 54.6 Å². The minimum Gasteiger partial charge on any atom is -0.347 e. The Kier molecular flexibility index (Phi) is 3.78. The van der Waals surface area contributed by atoms with Gasteiger partial charge >= 0.3 is 0 Å². The number of amides is 1. The van der Waals surface area contributed by atoms with Crippen LogP contribution in [0.5, 0.6) is 0 Å². The number of aromatic nitrogens is 1. The number of pyridine rings is 1. The van der Waals surface area contributed by atoms with Crippen LogP contribution in [0.15, 0.2) is 77.6 Å². The third-order valence-electron chi connectivity index (χ3n) is 4.27. The van der Waals surface area contributed by atoms with Gasteiger partial charge in [-0.25, -0.2) is 0 Å². The van der Waals surface area contributed by atoms with E-state index in [2.05, 4.69) is 22.4 Å². The lowest BCUT2D eigenvalue weighted by atomic mass is 10.1. The molecule has 0 aliphatic heterocycles. The standard InChI is InChI=1S/C21H16N2O2/c24-20-18-8-4-3-7-17(18)12-19(23-20)21(25)22-13-14-9-10-15-5-1-2-6-16(15)11-14/h1-12H,13H2,(H,22,25)(H,23,24). The maximum atomic E-state index is 12.4. The van der Waals surface area contributed by atoms with Gasteiger partial charge in [-0.15, -0.1) is 0 Å². The topological polar surface area (TPSA) is 62.0 Å². The number of H-pyrrole nitrogens is 1. The summed E-state index contributed by atoms with van der Waals surface area (Å²) < 4.78 is 0. The molecule has 0 unspecified atom stereocenters.